The van der Waals surface area contributed by atoms with Gasteiger partial charge in [-0.3, -0.25) is 10.1 Å². The predicted octanol–water partition coefficient (Wildman–Crippen LogP) is 5.67. The summed E-state index contributed by atoms with van der Waals surface area (Å²) in [5.41, 5.74) is 0.635. The SMILES string of the molecule is O=C(NC(=O)c1sc2ccccc2c1Cl)Nc1cccc2ccccc12. The van der Waals surface area contributed by atoms with Crippen LogP contribution in [-0.4, -0.2) is 11.9 Å². The van der Waals surface area contributed by atoms with Gasteiger partial charge in [0.2, 0.25) is 0 Å². The zero-order valence-corrected chi connectivity index (χ0v) is 15.0. The number of rotatable bonds is 2. The molecule has 0 aliphatic carbocycles. The van der Waals surface area contributed by atoms with Crippen LogP contribution in [0.2, 0.25) is 5.02 Å². The summed E-state index contributed by atoms with van der Waals surface area (Å²) in [6, 6.07) is 20.2. The van der Waals surface area contributed by atoms with Gasteiger partial charge in [0.15, 0.2) is 0 Å². The maximum absolute atomic E-state index is 12.5. The fourth-order valence-corrected chi connectivity index (χ4v) is 4.22. The smallest absolute Gasteiger partial charge is 0.307 e. The molecular formula is C20H13ClN2O2S. The van der Waals surface area contributed by atoms with Crippen LogP contribution in [0.15, 0.2) is 66.7 Å². The summed E-state index contributed by atoms with van der Waals surface area (Å²) in [5.74, 6) is -0.520. The van der Waals surface area contributed by atoms with Crippen LogP contribution in [-0.2, 0) is 0 Å². The maximum Gasteiger partial charge on any atom is 0.326 e. The second kappa shape index (κ2) is 6.78. The molecule has 26 heavy (non-hydrogen) atoms. The maximum atomic E-state index is 12.5. The Labute approximate surface area is 158 Å². The summed E-state index contributed by atoms with van der Waals surface area (Å²) in [6.07, 6.45) is 0. The third-order valence-electron chi connectivity index (χ3n) is 4.01. The highest BCUT2D eigenvalue weighted by Crippen LogP contribution is 2.35. The molecule has 0 atom stereocenters. The highest BCUT2D eigenvalue weighted by Gasteiger charge is 2.19. The number of fused-ring (bicyclic) bond motifs is 2. The fraction of sp³-hybridized carbons (Fsp3) is 0. The molecule has 1 aromatic heterocycles. The van der Waals surface area contributed by atoms with Crippen molar-refractivity contribution in [1.82, 2.24) is 5.32 Å². The number of halogens is 1. The number of hydrogen-bond acceptors (Lipinski definition) is 3. The van der Waals surface area contributed by atoms with Gasteiger partial charge in [0, 0.05) is 15.5 Å². The number of benzene rings is 3. The molecule has 0 unspecified atom stereocenters. The monoisotopic (exact) mass is 380 g/mol. The highest BCUT2D eigenvalue weighted by atomic mass is 35.5. The van der Waals surface area contributed by atoms with Crippen LogP contribution in [0.3, 0.4) is 0 Å². The minimum absolute atomic E-state index is 0.320. The van der Waals surface area contributed by atoms with Crippen LogP contribution >= 0.6 is 22.9 Å². The van der Waals surface area contributed by atoms with E-state index in [0.717, 1.165) is 20.9 Å². The van der Waals surface area contributed by atoms with Gasteiger partial charge < -0.3 is 5.32 Å². The average Bonchev–Trinajstić information content (AvgIpc) is 2.99. The summed E-state index contributed by atoms with van der Waals surface area (Å²) in [4.78, 5) is 25.1. The molecule has 0 aliphatic heterocycles. The van der Waals surface area contributed by atoms with E-state index in [2.05, 4.69) is 10.6 Å². The van der Waals surface area contributed by atoms with Gasteiger partial charge in [-0.2, -0.15) is 0 Å². The van der Waals surface area contributed by atoms with E-state index in [9.17, 15) is 9.59 Å². The van der Waals surface area contributed by atoms with E-state index in [1.54, 1.807) is 6.07 Å². The number of amides is 3. The van der Waals surface area contributed by atoms with Gasteiger partial charge >= 0.3 is 6.03 Å². The molecule has 128 valence electrons. The lowest BCUT2D eigenvalue weighted by molar-refractivity contribution is 0.0971. The van der Waals surface area contributed by atoms with Gasteiger partial charge in [-0.25, -0.2) is 4.79 Å². The Balaban J connectivity index is 1.55. The molecule has 2 N–H and O–H groups in total. The second-order valence-electron chi connectivity index (χ2n) is 5.68. The Bertz CT molecular complexity index is 1150. The van der Waals surface area contributed by atoms with E-state index in [1.165, 1.54) is 11.3 Å². The summed E-state index contributed by atoms with van der Waals surface area (Å²) in [6.45, 7) is 0. The van der Waals surface area contributed by atoms with Crippen LogP contribution < -0.4 is 10.6 Å². The first-order chi connectivity index (χ1) is 12.6. The molecule has 0 fully saturated rings. The number of carbonyl (C=O) groups excluding carboxylic acids is 2. The molecule has 0 saturated heterocycles. The van der Waals surface area contributed by atoms with Crippen molar-refractivity contribution >= 4 is 61.4 Å². The Morgan fingerprint density at radius 2 is 1.54 bits per heavy atom. The largest absolute Gasteiger partial charge is 0.326 e. The standard InChI is InChI=1S/C20H13ClN2O2S/c21-17-14-9-3-4-11-16(14)26-18(17)19(24)23-20(25)22-15-10-5-7-12-6-1-2-8-13(12)15/h1-11H,(H2,22,23,24,25). The molecule has 3 amide bonds. The highest BCUT2D eigenvalue weighted by molar-refractivity contribution is 7.21. The normalized spacial score (nSPS) is 10.8. The lowest BCUT2D eigenvalue weighted by Gasteiger charge is -2.09. The first-order valence-corrected chi connectivity index (χ1v) is 9.10. The van der Waals surface area contributed by atoms with Crippen molar-refractivity contribution in [1.29, 1.82) is 0 Å². The minimum atomic E-state index is -0.597. The number of imide groups is 1. The molecule has 1 heterocycles. The Morgan fingerprint density at radius 3 is 2.35 bits per heavy atom. The number of hydrogen-bond donors (Lipinski definition) is 2. The van der Waals surface area contributed by atoms with Crippen LogP contribution in [0.1, 0.15) is 9.67 Å². The molecule has 0 bridgehead atoms. The van der Waals surface area contributed by atoms with Crippen molar-refractivity contribution in [2.75, 3.05) is 5.32 Å². The number of carbonyl (C=O) groups is 2. The fourth-order valence-electron chi connectivity index (χ4n) is 2.81. The average molecular weight is 381 g/mol. The van der Waals surface area contributed by atoms with Crippen molar-refractivity contribution in [2.24, 2.45) is 0 Å². The molecule has 6 heteroatoms. The Kier molecular flexibility index (Phi) is 4.32. The van der Waals surface area contributed by atoms with Crippen LogP contribution in [0, 0.1) is 0 Å². The van der Waals surface area contributed by atoms with Gasteiger partial charge in [-0.05, 0) is 17.5 Å². The van der Waals surface area contributed by atoms with E-state index in [1.807, 2.05) is 60.7 Å². The van der Waals surface area contributed by atoms with Crippen molar-refractivity contribution in [2.45, 2.75) is 0 Å². The summed E-state index contributed by atoms with van der Waals surface area (Å²) < 4.78 is 0.900. The lowest BCUT2D eigenvalue weighted by Crippen LogP contribution is -2.34. The van der Waals surface area contributed by atoms with Crippen molar-refractivity contribution in [3.63, 3.8) is 0 Å². The van der Waals surface area contributed by atoms with E-state index < -0.39 is 11.9 Å². The van der Waals surface area contributed by atoms with Crippen molar-refractivity contribution in [3.8, 4) is 0 Å². The third kappa shape index (κ3) is 3.03. The molecule has 0 aliphatic rings. The van der Waals surface area contributed by atoms with E-state index >= 15 is 0 Å². The van der Waals surface area contributed by atoms with E-state index in [4.69, 9.17) is 11.6 Å². The molecule has 4 aromatic rings. The molecule has 0 saturated carbocycles. The second-order valence-corrected chi connectivity index (χ2v) is 7.11. The van der Waals surface area contributed by atoms with Crippen molar-refractivity contribution < 1.29 is 9.59 Å². The summed E-state index contributed by atoms with van der Waals surface area (Å²) in [5, 5.41) is 8.15. The number of urea groups is 1. The zero-order chi connectivity index (χ0) is 18.1. The summed E-state index contributed by atoms with van der Waals surface area (Å²) >= 11 is 7.55. The Morgan fingerprint density at radius 1 is 0.846 bits per heavy atom. The van der Waals surface area contributed by atoms with Crippen LogP contribution in [0.5, 0.6) is 0 Å². The lowest BCUT2D eigenvalue weighted by atomic mass is 10.1. The quantitative estimate of drug-likeness (QED) is 0.470. The molecule has 3 aromatic carbocycles. The molecule has 0 radical (unpaired) electrons. The number of nitrogens with one attached hydrogen (secondary N) is 2. The number of thiophene rings is 1. The predicted molar refractivity (Wildman–Crippen MR) is 107 cm³/mol. The Hall–Kier alpha value is -2.89. The third-order valence-corrected chi connectivity index (χ3v) is 5.68. The molecule has 4 nitrogen and oxygen atoms in total. The van der Waals surface area contributed by atoms with Gasteiger partial charge in [-0.1, -0.05) is 66.2 Å². The molecular weight excluding hydrogens is 368 g/mol. The molecule has 4 rings (SSSR count). The van der Waals surface area contributed by atoms with Gasteiger partial charge in [0.25, 0.3) is 5.91 Å². The number of anilines is 1. The first-order valence-electron chi connectivity index (χ1n) is 7.90. The van der Waals surface area contributed by atoms with Gasteiger partial charge in [0.1, 0.15) is 4.88 Å². The van der Waals surface area contributed by atoms with Gasteiger partial charge in [-0.15, -0.1) is 11.3 Å². The summed E-state index contributed by atoms with van der Waals surface area (Å²) in [7, 11) is 0. The van der Waals surface area contributed by atoms with E-state index in [-0.39, 0.29) is 0 Å². The van der Waals surface area contributed by atoms with Crippen molar-refractivity contribution in [3.05, 3.63) is 76.6 Å². The first kappa shape index (κ1) is 16.6. The topological polar surface area (TPSA) is 58.2 Å². The van der Waals surface area contributed by atoms with Crippen LogP contribution in [0.25, 0.3) is 20.9 Å². The molecule has 0 spiro atoms. The zero-order valence-electron chi connectivity index (χ0n) is 13.5. The minimum Gasteiger partial charge on any atom is -0.307 e. The van der Waals surface area contributed by atoms with Gasteiger partial charge in [0.05, 0.1) is 10.7 Å². The van der Waals surface area contributed by atoms with Crippen LogP contribution in [0.4, 0.5) is 10.5 Å². The van der Waals surface area contributed by atoms with E-state index in [0.29, 0.717) is 15.6 Å².